The van der Waals surface area contributed by atoms with E-state index in [2.05, 4.69) is 45.2 Å². The molecule has 0 aliphatic carbocycles. The second-order valence-electron chi connectivity index (χ2n) is 7.78. The quantitative estimate of drug-likeness (QED) is 0.588. The molecular weight excluding hydrogens is 374 g/mol. The van der Waals surface area contributed by atoms with Crippen LogP contribution in [0, 0.1) is 5.92 Å². The van der Waals surface area contributed by atoms with E-state index in [4.69, 9.17) is 11.6 Å². The summed E-state index contributed by atoms with van der Waals surface area (Å²) in [5.41, 5.74) is 3.15. The van der Waals surface area contributed by atoms with Crippen LogP contribution >= 0.6 is 11.6 Å². The molecule has 0 spiro atoms. The number of hydrogen-bond donors (Lipinski definition) is 3. The number of imidazole rings is 1. The number of nitrogens with zero attached hydrogens (tertiary/aromatic N) is 1. The van der Waals surface area contributed by atoms with Crippen molar-refractivity contribution in [3.63, 3.8) is 0 Å². The van der Waals surface area contributed by atoms with E-state index in [9.17, 15) is 9.90 Å². The number of H-pyrrole nitrogens is 2. The normalized spacial score (nSPS) is 17.2. The van der Waals surface area contributed by atoms with Crippen LogP contribution in [0.4, 0.5) is 0 Å². The maximum absolute atomic E-state index is 11.4. The lowest BCUT2D eigenvalue weighted by Gasteiger charge is -2.32. The Kier molecular flexibility index (Phi) is 5.85. The van der Waals surface area contributed by atoms with Crippen molar-refractivity contribution < 1.29 is 5.11 Å². The first kappa shape index (κ1) is 19.2. The molecule has 6 heteroatoms. The Labute approximate surface area is 169 Å². The molecule has 1 fully saturated rings. The SMILES string of the molecule is O=c1[nH]c2cc(Cl)c(C(O)CCN3CCC(Cc4ccccc4)CC3)cc2[nH]1. The zero-order valence-electron chi connectivity index (χ0n) is 15.8. The third-order valence-electron chi connectivity index (χ3n) is 5.79. The van der Waals surface area contributed by atoms with E-state index in [1.807, 2.05) is 0 Å². The monoisotopic (exact) mass is 399 g/mol. The van der Waals surface area contributed by atoms with Crippen LogP contribution in [0.5, 0.6) is 0 Å². The van der Waals surface area contributed by atoms with Crippen LogP contribution in [-0.2, 0) is 6.42 Å². The van der Waals surface area contributed by atoms with Gasteiger partial charge in [0.05, 0.1) is 17.1 Å². The number of benzene rings is 2. The molecule has 0 radical (unpaired) electrons. The highest BCUT2D eigenvalue weighted by atomic mass is 35.5. The molecule has 1 aromatic heterocycles. The van der Waals surface area contributed by atoms with Crippen molar-refractivity contribution >= 4 is 22.6 Å². The van der Waals surface area contributed by atoms with Crippen LogP contribution in [-0.4, -0.2) is 39.6 Å². The average molecular weight is 400 g/mol. The van der Waals surface area contributed by atoms with E-state index in [0.29, 0.717) is 28.0 Å². The standard InChI is InChI=1S/C22H26ClN3O2/c23-18-14-20-19(24-22(28)25-20)13-17(18)21(27)8-11-26-9-6-16(7-10-26)12-15-4-2-1-3-5-15/h1-5,13-14,16,21,27H,6-12H2,(H2,24,25,28). The van der Waals surface area contributed by atoms with Crippen LogP contribution in [0.3, 0.4) is 0 Å². The number of aliphatic hydroxyl groups excluding tert-OH is 1. The Balaban J connectivity index is 1.29. The van der Waals surface area contributed by atoms with E-state index in [1.54, 1.807) is 12.1 Å². The van der Waals surface area contributed by atoms with Crippen molar-refractivity contribution in [3.8, 4) is 0 Å². The minimum absolute atomic E-state index is 0.268. The zero-order chi connectivity index (χ0) is 19.5. The van der Waals surface area contributed by atoms with Gasteiger partial charge in [-0.1, -0.05) is 41.9 Å². The predicted molar refractivity (Wildman–Crippen MR) is 113 cm³/mol. The van der Waals surface area contributed by atoms with Gasteiger partial charge in [0, 0.05) is 17.1 Å². The van der Waals surface area contributed by atoms with Gasteiger partial charge in [0.1, 0.15) is 0 Å². The maximum Gasteiger partial charge on any atom is 0.323 e. The second kappa shape index (κ2) is 8.52. The summed E-state index contributed by atoms with van der Waals surface area (Å²) < 4.78 is 0. The van der Waals surface area contributed by atoms with Gasteiger partial charge in [-0.25, -0.2) is 4.79 Å². The number of halogens is 1. The highest BCUT2D eigenvalue weighted by Gasteiger charge is 2.21. The Hall–Kier alpha value is -2.08. The lowest BCUT2D eigenvalue weighted by Crippen LogP contribution is -2.35. The van der Waals surface area contributed by atoms with Gasteiger partial charge in [-0.15, -0.1) is 0 Å². The molecule has 2 heterocycles. The highest BCUT2D eigenvalue weighted by Crippen LogP contribution is 2.29. The molecular formula is C22H26ClN3O2. The van der Waals surface area contributed by atoms with Gasteiger partial charge in [0.25, 0.3) is 0 Å². The van der Waals surface area contributed by atoms with Gasteiger partial charge in [-0.3, -0.25) is 0 Å². The number of rotatable bonds is 6. The van der Waals surface area contributed by atoms with Crippen molar-refractivity contribution in [2.45, 2.75) is 31.8 Å². The topological polar surface area (TPSA) is 72.1 Å². The minimum atomic E-state index is -0.641. The number of hydrogen-bond acceptors (Lipinski definition) is 3. The Bertz CT molecular complexity index is 974. The van der Waals surface area contributed by atoms with E-state index < -0.39 is 6.10 Å². The molecule has 1 saturated heterocycles. The van der Waals surface area contributed by atoms with Gasteiger partial charge < -0.3 is 20.0 Å². The maximum atomic E-state index is 11.4. The molecule has 1 unspecified atom stereocenters. The molecule has 148 valence electrons. The molecule has 3 aromatic rings. The third-order valence-corrected chi connectivity index (χ3v) is 6.11. The Morgan fingerprint density at radius 1 is 1.11 bits per heavy atom. The summed E-state index contributed by atoms with van der Waals surface area (Å²) in [7, 11) is 0. The minimum Gasteiger partial charge on any atom is -0.388 e. The fourth-order valence-corrected chi connectivity index (χ4v) is 4.44. The van der Waals surface area contributed by atoms with Crippen molar-refractivity contribution in [2.24, 2.45) is 5.92 Å². The zero-order valence-corrected chi connectivity index (χ0v) is 16.6. The van der Waals surface area contributed by atoms with Gasteiger partial charge in [-0.2, -0.15) is 0 Å². The highest BCUT2D eigenvalue weighted by molar-refractivity contribution is 6.32. The molecule has 3 N–H and O–H groups in total. The number of aliphatic hydroxyl groups is 1. The average Bonchev–Trinajstić information content (AvgIpc) is 3.06. The molecule has 1 aliphatic heterocycles. The number of nitrogens with one attached hydrogen (secondary N) is 2. The van der Waals surface area contributed by atoms with Gasteiger partial charge in [-0.05, 0) is 62.4 Å². The lowest BCUT2D eigenvalue weighted by molar-refractivity contribution is 0.123. The molecule has 0 saturated carbocycles. The number of likely N-dealkylation sites (tertiary alicyclic amines) is 1. The first-order chi connectivity index (χ1) is 13.6. The van der Waals surface area contributed by atoms with E-state index in [1.165, 1.54) is 18.4 Å². The molecule has 1 atom stereocenters. The molecule has 0 bridgehead atoms. The summed E-state index contributed by atoms with van der Waals surface area (Å²) in [6.07, 6.45) is 3.53. The third kappa shape index (κ3) is 4.49. The van der Waals surface area contributed by atoms with Crippen molar-refractivity contribution in [1.29, 1.82) is 0 Å². The first-order valence-corrected chi connectivity index (χ1v) is 10.3. The summed E-state index contributed by atoms with van der Waals surface area (Å²) in [5.74, 6) is 0.742. The van der Waals surface area contributed by atoms with Gasteiger partial charge >= 0.3 is 5.69 Å². The Morgan fingerprint density at radius 2 is 1.79 bits per heavy atom. The van der Waals surface area contributed by atoms with Gasteiger partial charge in [0.15, 0.2) is 0 Å². The molecule has 0 amide bonds. The summed E-state index contributed by atoms with van der Waals surface area (Å²) >= 11 is 6.32. The van der Waals surface area contributed by atoms with Crippen LogP contribution < -0.4 is 5.69 Å². The second-order valence-corrected chi connectivity index (χ2v) is 8.18. The number of piperidine rings is 1. The predicted octanol–water partition coefficient (Wildman–Crippen LogP) is 3.89. The number of aromatic amines is 2. The largest absolute Gasteiger partial charge is 0.388 e. The summed E-state index contributed by atoms with van der Waals surface area (Å²) in [6, 6.07) is 14.2. The summed E-state index contributed by atoms with van der Waals surface area (Å²) in [4.78, 5) is 19.3. The molecule has 2 aromatic carbocycles. The summed E-state index contributed by atoms with van der Waals surface area (Å²) in [6.45, 7) is 2.99. The molecule has 28 heavy (non-hydrogen) atoms. The van der Waals surface area contributed by atoms with Crippen molar-refractivity contribution in [3.05, 3.63) is 69.1 Å². The van der Waals surface area contributed by atoms with Crippen molar-refractivity contribution in [2.75, 3.05) is 19.6 Å². The first-order valence-electron chi connectivity index (χ1n) is 9.94. The fraction of sp³-hybridized carbons (Fsp3) is 0.409. The molecule has 1 aliphatic rings. The molecule has 4 rings (SSSR count). The smallest absolute Gasteiger partial charge is 0.323 e. The number of aromatic nitrogens is 2. The fourth-order valence-electron chi connectivity index (χ4n) is 4.15. The summed E-state index contributed by atoms with van der Waals surface area (Å²) in [5, 5.41) is 11.1. The lowest BCUT2D eigenvalue weighted by atomic mass is 9.90. The van der Waals surface area contributed by atoms with E-state index in [-0.39, 0.29) is 5.69 Å². The Morgan fingerprint density at radius 3 is 2.50 bits per heavy atom. The van der Waals surface area contributed by atoms with E-state index >= 15 is 0 Å². The van der Waals surface area contributed by atoms with Crippen LogP contribution in [0.15, 0.2) is 47.3 Å². The van der Waals surface area contributed by atoms with E-state index in [0.717, 1.165) is 32.0 Å². The van der Waals surface area contributed by atoms with Crippen LogP contribution in [0.25, 0.3) is 11.0 Å². The van der Waals surface area contributed by atoms with Crippen LogP contribution in [0.2, 0.25) is 5.02 Å². The van der Waals surface area contributed by atoms with Crippen LogP contribution in [0.1, 0.15) is 36.5 Å². The van der Waals surface area contributed by atoms with Crippen molar-refractivity contribution in [1.82, 2.24) is 14.9 Å². The number of fused-ring (bicyclic) bond motifs is 1. The molecule has 5 nitrogen and oxygen atoms in total. The van der Waals surface area contributed by atoms with Gasteiger partial charge in [0.2, 0.25) is 0 Å².